The van der Waals surface area contributed by atoms with Crippen LogP contribution in [0.15, 0.2) is 35.3 Å². The van der Waals surface area contributed by atoms with Crippen molar-refractivity contribution in [3.8, 4) is 11.4 Å². The number of rotatable bonds is 4. The number of aromatic nitrogens is 3. The summed E-state index contributed by atoms with van der Waals surface area (Å²) in [6.07, 6.45) is 0.207. The Kier molecular flexibility index (Phi) is 5.65. The van der Waals surface area contributed by atoms with Gasteiger partial charge in [-0.2, -0.15) is 0 Å². The van der Waals surface area contributed by atoms with Crippen molar-refractivity contribution >= 4 is 11.4 Å². The lowest BCUT2D eigenvalue weighted by atomic mass is 9.98. The fourth-order valence-corrected chi connectivity index (χ4v) is 4.57. The summed E-state index contributed by atoms with van der Waals surface area (Å²) in [5.41, 5.74) is 3.03. The zero-order valence-electron chi connectivity index (χ0n) is 18.5. The highest BCUT2D eigenvalue weighted by Crippen LogP contribution is 2.35. The van der Waals surface area contributed by atoms with Gasteiger partial charge in [-0.05, 0) is 38.5 Å². The standard InChI is InChI=1S/C24H25F3N6/c1-13(16-4-3-5-17(20(16)25)21(26)27)30-22-19-12-18(15-6-8-28-9-7-15)23-29-10-11-33(23)24(19)32-14(2)31-22/h3-6,12-13,21,28-29H,7-11H2,1-2H3/t13-/m1/s1. The van der Waals surface area contributed by atoms with E-state index >= 15 is 0 Å². The highest BCUT2D eigenvalue weighted by atomic mass is 19.3. The predicted octanol–water partition coefficient (Wildman–Crippen LogP) is 4.23. The third kappa shape index (κ3) is 3.90. The molecule has 0 aromatic heterocycles. The molecule has 0 spiro atoms. The van der Waals surface area contributed by atoms with Crippen molar-refractivity contribution < 1.29 is 13.2 Å². The van der Waals surface area contributed by atoms with Crippen LogP contribution in [0.3, 0.4) is 0 Å². The molecule has 1 atom stereocenters. The molecular formula is C24H25F3N6. The van der Waals surface area contributed by atoms with E-state index in [2.05, 4.69) is 36.2 Å². The molecule has 33 heavy (non-hydrogen) atoms. The Morgan fingerprint density at radius 1 is 1.12 bits per heavy atom. The molecule has 4 aliphatic heterocycles. The van der Waals surface area contributed by atoms with E-state index in [0.29, 0.717) is 11.3 Å². The van der Waals surface area contributed by atoms with Crippen molar-refractivity contribution in [2.24, 2.45) is 4.99 Å². The first-order valence-electron chi connectivity index (χ1n) is 11.1. The minimum absolute atomic E-state index is 0.119. The smallest absolute Gasteiger partial charge is 0.266 e. The quantitative estimate of drug-likeness (QED) is 0.619. The van der Waals surface area contributed by atoms with Gasteiger partial charge in [-0.25, -0.2) is 23.1 Å². The molecule has 6 nitrogen and oxygen atoms in total. The number of hydrogen-bond acceptors (Lipinski definition) is 5. The van der Waals surface area contributed by atoms with E-state index in [4.69, 9.17) is 0 Å². The maximum atomic E-state index is 14.8. The highest BCUT2D eigenvalue weighted by Gasteiger charge is 2.25. The van der Waals surface area contributed by atoms with Crippen LogP contribution in [-0.2, 0) is 6.54 Å². The van der Waals surface area contributed by atoms with E-state index in [1.54, 1.807) is 13.8 Å². The molecular weight excluding hydrogens is 429 g/mol. The normalized spacial score (nSPS) is 17.3. The lowest BCUT2D eigenvalue weighted by molar-refractivity contribution is 0.146. The summed E-state index contributed by atoms with van der Waals surface area (Å²) in [6, 6.07) is 5.39. The number of nitrogens with one attached hydrogen (secondary N) is 2. The largest absolute Gasteiger partial charge is 0.369 e. The number of hydrogen-bond donors (Lipinski definition) is 2. The second-order valence-electron chi connectivity index (χ2n) is 8.36. The van der Waals surface area contributed by atoms with Gasteiger partial charge in [0.25, 0.3) is 6.43 Å². The lowest BCUT2D eigenvalue weighted by Crippen LogP contribution is -2.23. The van der Waals surface area contributed by atoms with Gasteiger partial charge in [0.2, 0.25) is 0 Å². The van der Waals surface area contributed by atoms with Gasteiger partial charge in [0.05, 0.1) is 17.2 Å². The van der Waals surface area contributed by atoms with Crippen LogP contribution in [0.2, 0.25) is 0 Å². The van der Waals surface area contributed by atoms with E-state index < -0.39 is 23.8 Å². The molecule has 0 saturated heterocycles. The Hall–Kier alpha value is -3.20. The molecule has 0 amide bonds. The van der Waals surface area contributed by atoms with Crippen molar-refractivity contribution in [3.05, 3.63) is 64.2 Å². The van der Waals surface area contributed by atoms with Gasteiger partial charge < -0.3 is 15.2 Å². The molecule has 172 valence electrons. The van der Waals surface area contributed by atoms with Gasteiger partial charge in [0.15, 0.2) is 5.49 Å². The second kappa shape index (κ2) is 8.62. The van der Waals surface area contributed by atoms with Crippen molar-refractivity contribution in [1.82, 2.24) is 19.9 Å². The van der Waals surface area contributed by atoms with E-state index in [0.717, 1.165) is 61.4 Å². The minimum atomic E-state index is -2.88. The first kappa shape index (κ1) is 21.6. The summed E-state index contributed by atoms with van der Waals surface area (Å²) >= 11 is 0. The van der Waals surface area contributed by atoms with Crippen LogP contribution >= 0.6 is 0 Å². The summed E-state index contributed by atoms with van der Waals surface area (Å²) in [7, 11) is 0. The molecule has 0 saturated carbocycles. The van der Waals surface area contributed by atoms with Crippen molar-refractivity contribution in [2.75, 3.05) is 25.0 Å². The minimum Gasteiger partial charge on any atom is -0.369 e. The van der Waals surface area contributed by atoms with E-state index in [1.807, 2.05) is 6.07 Å². The summed E-state index contributed by atoms with van der Waals surface area (Å²) in [4.78, 5) is 13.9. The zero-order valence-corrected chi connectivity index (χ0v) is 18.5. The van der Waals surface area contributed by atoms with Crippen LogP contribution < -0.4 is 16.1 Å². The zero-order chi connectivity index (χ0) is 23.1. The first-order valence-corrected chi connectivity index (χ1v) is 11.1. The molecule has 5 rings (SSSR count). The Morgan fingerprint density at radius 2 is 1.94 bits per heavy atom. The Balaban J connectivity index is 1.69. The number of alkyl halides is 2. The Bertz CT molecular complexity index is 1280. The van der Waals surface area contributed by atoms with Crippen LogP contribution in [0.4, 0.5) is 19.0 Å². The van der Waals surface area contributed by atoms with Crippen LogP contribution in [0.1, 0.15) is 48.3 Å². The molecule has 4 heterocycles. The topological polar surface area (TPSA) is 67.1 Å². The molecule has 9 heteroatoms. The summed E-state index contributed by atoms with van der Waals surface area (Å²) in [5, 5.41) is 6.81. The summed E-state index contributed by atoms with van der Waals surface area (Å²) in [5.74, 6) is 1.42. The van der Waals surface area contributed by atoms with Gasteiger partial charge in [-0.1, -0.05) is 24.3 Å². The molecule has 0 aliphatic carbocycles. The van der Waals surface area contributed by atoms with Crippen LogP contribution in [0, 0.1) is 12.7 Å². The summed E-state index contributed by atoms with van der Waals surface area (Å²) in [6.45, 7) is 6.76. The van der Waals surface area contributed by atoms with Crippen molar-refractivity contribution in [3.63, 3.8) is 0 Å². The van der Waals surface area contributed by atoms with Crippen LogP contribution in [0.5, 0.6) is 0 Å². The number of anilines is 1. The van der Waals surface area contributed by atoms with E-state index in [1.165, 1.54) is 17.7 Å². The predicted molar refractivity (Wildman–Crippen MR) is 121 cm³/mol. The average Bonchev–Trinajstić information content (AvgIpc) is 3.29. The second-order valence-corrected chi connectivity index (χ2v) is 8.36. The number of nitrogens with zero attached hydrogens (tertiary/aromatic N) is 4. The first-order chi connectivity index (χ1) is 15.9. The van der Waals surface area contributed by atoms with Crippen molar-refractivity contribution in [2.45, 2.75) is 39.3 Å². The number of aryl methyl sites for hydroxylation is 1. The average molecular weight is 455 g/mol. The van der Waals surface area contributed by atoms with Gasteiger partial charge in [-0.15, -0.1) is 0 Å². The fourth-order valence-electron chi connectivity index (χ4n) is 4.57. The van der Waals surface area contributed by atoms with Crippen molar-refractivity contribution in [1.29, 1.82) is 0 Å². The SMILES string of the molecule is Cc1nc2n3c(c(C4=CCNCC4)cc-2c(=N[C@H](C)c2cccc(C(F)F)c2F)n1)NCC3. The monoisotopic (exact) mass is 454 g/mol. The summed E-state index contributed by atoms with van der Waals surface area (Å²) < 4.78 is 43.3. The molecule has 4 aliphatic rings. The Morgan fingerprint density at radius 3 is 2.70 bits per heavy atom. The highest BCUT2D eigenvalue weighted by molar-refractivity contribution is 5.80. The molecule has 1 aromatic rings. The van der Waals surface area contributed by atoms with Gasteiger partial charge in [-0.3, -0.25) is 4.99 Å². The molecule has 1 aromatic carbocycles. The lowest BCUT2D eigenvalue weighted by Gasteiger charge is -2.21. The van der Waals surface area contributed by atoms with E-state index in [9.17, 15) is 13.2 Å². The third-order valence-electron chi connectivity index (χ3n) is 6.18. The van der Waals surface area contributed by atoms with Crippen LogP contribution in [0.25, 0.3) is 17.0 Å². The van der Waals surface area contributed by atoms with Gasteiger partial charge in [0.1, 0.15) is 23.3 Å². The third-order valence-corrected chi connectivity index (χ3v) is 6.18. The number of benzene rings is 1. The Labute approximate surface area is 189 Å². The maximum Gasteiger partial charge on any atom is 0.266 e. The molecule has 2 N–H and O–H groups in total. The number of halogens is 3. The molecule has 0 fully saturated rings. The van der Waals surface area contributed by atoms with Gasteiger partial charge in [0, 0.05) is 30.8 Å². The fraction of sp³-hybridized carbons (Fsp3) is 0.375. The number of fused-ring (bicyclic) bond motifs is 3. The maximum absolute atomic E-state index is 14.8. The van der Waals surface area contributed by atoms with E-state index in [-0.39, 0.29) is 5.56 Å². The number of pyridine rings is 1. The molecule has 0 radical (unpaired) electrons. The van der Waals surface area contributed by atoms with Gasteiger partial charge >= 0.3 is 0 Å². The molecule has 0 unspecified atom stereocenters. The van der Waals surface area contributed by atoms with Crippen LogP contribution in [-0.4, -0.2) is 34.2 Å². The molecule has 0 bridgehead atoms.